The number of carboxylic acid groups (broad SMARTS) is 1. The molecule has 5 N–H and O–H groups in total. The van der Waals surface area contributed by atoms with Gasteiger partial charge in [0.25, 0.3) is 5.56 Å². The number of fused-ring (bicyclic) bond motifs is 1. The highest BCUT2D eigenvalue weighted by Gasteiger charge is 2.34. The Morgan fingerprint density at radius 3 is 2.63 bits per heavy atom. The van der Waals surface area contributed by atoms with Crippen LogP contribution in [0.15, 0.2) is 17.1 Å². The number of aromatic nitrogens is 1. The van der Waals surface area contributed by atoms with E-state index in [1.165, 1.54) is 6.07 Å². The van der Waals surface area contributed by atoms with Crippen LogP contribution in [-0.2, 0) is 0 Å². The first kappa shape index (κ1) is 17.9. The van der Waals surface area contributed by atoms with Crippen LogP contribution < -0.4 is 21.9 Å². The number of carbonyl (C=O) groups is 1. The Balaban J connectivity index is 1.96. The molecule has 27 heavy (non-hydrogen) atoms. The summed E-state index contributed by atoms with van der Waals surface area (Å²) in [4.78, 5) is 26.0. The molecule has 1 saturated carbocycles. The fourth-order valence-electron chi connectivity index (χ4n) is 4.22. The van der Waals surface area contributed by atoms with Crippen molar-refractivity contribution in [2.24, 2.45) is 17.4 Å². The second-order valence-corrected chi connectivity index (χ2v) is 7.63. The van der Waals surface area contributed by atoms with Crippen molar-refractivity contribution in [3.8, 4) is 0 Å². The summed E-state index contributed by atoms with van der Waals surface area (Å²) in [5.74, 6) is -1.57. The van der Waals surface area contributed by atoms with Crippen molar-refractivity contribution in [2.75, 3.05) is 24.5 Å². The Labute approximate surface area is 155 Å². The first-order valence-corrected chi connectivity index (χ1v) is 9.15. The zero-order chi connectivity index (χ0) is 19.5. The quantitative estimate of drug-likeness (QED) is 0.737. The maximum atomic E-state index is 15.0. The van der Waals surface area contributed by atoms with Gasteiger partial charge in [0.2, 0.25) is 0 Å². The number of aromatic carboxylic acids is 1. The van der Waals surface area contributed by atoms with Gasteiger partial charge in [0.05, 0.1) is 17.4 Å². The predicted molar refractivity (Wildman–Crippen MR) is 100 cm³/mol. The molecule has 2 unspecified atom stereocenters. The van der Waals surface area contributed by atoms with Crippen LogP contribution >= 0.6 is 0 Å². The predicted octanol–water partition coefficient (Wildman–Crippen LogP) is 1.04. The Morgan fingerprint density at radius 2 is 2.07 bits per heavy atom. The highest BCUT2D eigenvalue weighted by molar-refractivity contribution is 5.89. The van der Waals surface area contributed by atoms with Gasteiger partial charge in [-0.05, 0) is 49.4 Å². The van der Waals surface area contributed by atoms with Crippen LogP contribution in [0.2, 0.25) is 0 Å². The third-order valence-electron chi connectivity index (χ3n) is 5.80. The Bertz CT molecular complexity index is 999. The monoisotopic (exact) mass is 374 g/mol. The van der Waals surface area contributed by atoms with Crippen LogP contribution in [0.4, 0.5) is 10.1 Å². The zero-order valence-corrected chi connectivity index (χ0v) is 15.1. The number of halogens is 1. The van der Waals surface area contributed by atoms with Crippen molar-refractivity contribution in [1.82, 2.24) is 4.40 Å². The Hall–Kier alpha value is -2.45. The van der Waals surface area contributed by atoms with Gasteiger partial charge in [-0.2, -0.15) is 0 Å². The molecule has 0 aromatic carbocycles. The summed E-state index contributed by atoms with van der Waals surface area (Å²) in [6.45, 7) is 3.26. The van der Waals surface area contributed by atoms with E-state index in [1.54, 1.807) is 6.92 Å². The molecule has 2 aliphatic rings. The van der Waals surface area contributed by atoms with Crippen molar-refractivity contribution >= 4 is 17.2 Å². The first-order chi connectivity index (χ1) is 12.8. The molecule has 7 nitrogen and oxygen atoms in total. The highest BCUT2D eigenvalue weighted by Crippen LogP contribution is 2.44. The fourth-order valence-corrected chi connectivity index (χ4v) is 4.22. The molecular weight excluding hydrogens is 351 g/mol. The number of pyridine rings is 2. The standard InChI is InChI=1S/C19H23FN4O3/c1-9-16-12(10-2-3-10)4-13(19(26)27)18(25)24(16)7-14(20)17(9)23-6-11(5-21)15(22)8-23/h4,7,10-11,15H,2-3,5-6,8,21-22H2,1H3,(H,26,27). The van der Waals surface area contributed by atoms with Gasteiger partial charge in [-0.25, -0.2) is 9.18 Å². The second kappa shape index (κ2) is 6.31. The maximum Gasteiger partial charge on any atom is 0.341 e. The van der Waals surface area contributed by atoms with E-state index in [1.807, 2.05) is 4.90 Å². The number of anilines is 1. The fraction of sp³-hybridized carbons (Fsp3) is 0.474. The van der Waals surface area contributed by atoms with Gasteiger partial charge >= 0.3 is 5.97 Å². The minimum atomic E-state index is -1.30. The number of nitrogens with two attached hydrogens (primary N) is 2. The molecule has 0 spiro atoms. The molecule has 3 heterocycles. The van der Waals surface area contributed by atoms with Gasteiger partial charge < -0.3 is 21.5 Å². The zero-order valence-electron chi connectivity index (χ0n) is 15.1. The van der Waals surface area contributed by atoms with Gasteiger partial charge in [0, 0.05) is 25.0 Å². The van der Waals surface area contributed by atoms with E-state index in [-0.39, 0.29) is 23.4 Å². The summed E-state index contributed by atoms with van der Waals surface area (Å²) in [6, 6.07) is 1.33. The Morgan fingerprint density at radius 1 is 1.37 bits per heavy atom. The van der Waals surface area contributed by atoms with Gasteiger partial charge in [0.15, 0.2) is 5.82 Å². The molecule has 0 radical (unpaired) electrons. The summed E-state index contributed by atoms with van der Waals surface area (Å²) in [7, 11) is 0. The van der Waals surface area contributed by atoms with E-state index in [2.05, 4.69) is 0 Å². The van der Waals surface area contributed by atoms with E-state index in [0.717, 1.165) is 29.0 Å². The van der Waals surface area contributed by atoms with E-state index in [0.29, 0.717) is 36.4 Å². The molecule has 1 aliphatic carbocycles. The minimum absolute atomic E-state index is 0.0829. The molecule has 2 aromatic heterocycles. The SMILES string of the molecule is Cc1c(N2CC(N)C(CN)C2)c(F)cn2c(=O)c(C(=O)O)cc(C3CC3)c12. The number of hydrogen-bond acceptors (Lipinski definition) is 5. The number of aryl methyl sites for hydroxylation is 1. The number of nitrogens with zero attached hydrogens (tertiary/aromatic N) is 2. The van der Waals surface area contributed by atoms with Gasteiger partial charge in [-0.1, -0.05) is 0 Å². The molecule has 1 aliphatic heterocycles. The number of hydrogen-bond donors (Lipinski definition) is 3. The van der Waals surface area contributed by atoms with Crippen LogP contribution in [0.25, 0.3) is 5.52 Å². The lowest BCUT2D eigenvalue weighted by atomic mass is 10.0. The van der Waals surface area contributed by atoms with Crippen LogP contribution in [0.3, 0.4) is 0 Å². The van der Waals surface area contributed by atoms with Crippen molar-refractivity contribution < 1.29 is 14.3 Å². The van der Waals surface area contributed by atoms with Crippen molar-refractivity contribution in [3.63, 3.8) is 0 Å². The third-order valence-corrected chi connectivity index (χ3v) is 5.80. The number of rotatable bonds is 4. The molecule has 8 heteroatoms. The van der Waals surface area contributed by atoms with Crippen molar-refractivity contribution in [1.29, 1.82) is 0 Å². The van der Waals surface area contributed by atoms with Crippen molar-refractivity contribution in [2.45, 2.75) is 31.7 Å². The summed E-state index contributed by atoms with van der Waals surface area (Å²) in [5.41, 5.74) is 13.3. The molecule has 144 valence electrons. The highest BCUT2D eigenvalue weighted by atomic mass is 19.1. The van der Waals surface area contributed by atoms with Crippen molar-refractivity contribution in [3.05, 3.63) is 45.1 Å². The molecular formula is C19H23FN4O3. The second-order valence-electron chi connectivity index (χ2n) is 7.63. The van der Waals surface area contributed by atoms with Crippen LogP contribution in [0.5, 0.6) is 0 Å². The van der Waals surface area contributed by atoms with E-state index >= 15 is 4.39 Å². The van der Waals surface area contributed by atoms with E-state index in [4.69, 9.17) is 11.5 Å². The smallest absolute Gasteiger partial charge is 0.341 e. The largest absolute Gasteiger partial charge is 0.477 e. The average Bonchev–Trinajstić information content (AvgIpc) is 3.38. The maximum absolute atomic E-state index is 15.0. The molecule has 1 saturated heterocycles. The van der Waals surface area contributed by atoms with Gasteiger partial charge in [-0.3, -0.25) is 9.20 Å². The molecule has 0 bridgehead atoms. The van der Waals surface area contributed by atoms with Crippen LogP contribution in [0.1, 0.15) is 40.2 Å². The molecule has 2 aromatic rings. The molecule has 2 atom stereocenters. The lowest BCUT2D eigenvalue weighted by molar-refractivity contribution is 0.0694. The third kappa shape index (κ3) is 2.80. The van der Waals surface area contributed by atoms with Gasteiger partial charge in [-0.15, -0.1) is 0 Å². The summed E-state index contributed by atoms with van der Waals surface area (Å²) in [5, 5.41) is 9.36. The Kier molecular flexibility index (Phi) is 4.20. The van der Waals surface area contributed by atoms with E-state index < -0.39 is 17.3 Å². The van der Waals surface area contributed by atoms with Crippen LogP contribution in [-0.4, -0.2) is 41.2 Å². The topological polar surface area (TPSA) is 114 Å². The van der Waals surface area contributed by atoms with Crippen LogP contribution in [0, 0.1) is 18.7 Å². The molecule has 0 amide bonds. The van der Waals surface area contributed by atoms with Gasteiger partial charge in [0.1, 0.15) is 5.56 Å². The summed E-state index contributed by atoms with van der Waals surface area (Å²) in [6.07, 6.45) is 2.98. The summed E-state index contributed by atoms with van der Waals surface area (Å²) >= 11 is 0. The minimum Gasteiger partial charge on any atom is -0.477 e. The molecule has 4 rings (SSSR count). The average molecular weight is 374 g/mol. The first-order valence-electron chi connectivity index (χ1n) is 9.15. The molecule has 2 fully saturated rings. The van der Waals surface area contributed by atoms with E-state index in [9.17, 15) is 14.7 Å². The normalized spacial score (nSPS) is 22.6. The lowest BCUT2D eigenvalue weighted by Crippen LogP contribution is -2.33. The number of carboxylic acids is 1. The summed E-state index contributed by atoms with van der Waals surface area (Å²) < 4.78 is 16.2. The lowest BCUT2D eigenvalue weighted by Gasteiger charge is -2.24.